The fourth-order valence-electron chi connectivity index (χ4n) is 2.40. The molecule has 0 unspecified atom stereocenters. The highest BCUT2D eigenvalue weighted by Gasteiger charge is 2.35. The molecule has 0 spiro atoms. The van der Waals surface area contributed by atoms with Gasteiger partial charge in [-0.15, -0.1) is 0 Å². The van der Waals surface area contributed by atoms with E-state index < -0.39 is 23.1 Å². The van der Waals surface area contributed by atoms with Gasteiger partial charge in [0.2, 0.25) is 5.88 Å². The summed E-state index contributed by atoms with van der Waals surface area (Å²) in [5, 5.41) is 0. The molecule has 0 radical (unpaired) electrons. The van der Waals surface area contributed by atoms with Gasteiger partial charge in [-0.25, -0.2) is 9.36 Å². The Balaban J connectivity index is 2.07. The van der Waals surface area contributed by atoms with E-state index in [4.69, 9.17) is 7.80 Å². The fourth-order valence-corrected chi connectivity index (χ4v) is 2.77. The van der Waals surface area contributed by atoms with Gasteiger partial charge < -0.3 is 7.80 Å². The number of ether oxygens (including phenoxy) is 1. The molecule has 7 nitrogen and oxygen atoms in total. The predicted octanol–water partition coefficient (Wildman–Crippen LogP) is 3.47. The maximum Gasteiger partial charge on any atom is 0.431 e. The lowest BCUT2D eigenvalue weighted by Crippen LogP contribution is -2.41. The van der Waals surface area contributed by atoms with E-state index >= 15 is 0 Å². The van der Waals surface area contributed by atoms with E-state index in [1.807, 2.05) is 0 Å². The summed E-state index contributed by atoms with van der Waals surface area (Å²) in [6.45, 7) is 0. The maximum absolute atomic E-state index is 13.0. The first-order chi connectivity index (χ1) is 13.2. The molecule has 0 fully saturated rings. The third-order valence-corrected chi connectivity index (χ3v) is 4.17. The first-order valence-corrected chi connectivity index (χ1v) is 8.53. The molecular weight excluding hydrogens is 494 g/mol. The molecule has 11 heteroatoms. The molecule has 0 bridgehead atoms. The molecule has 0 N–H and O–H groups in total. The summed E-state index contributed by atoms with van der Waals surface area (Å²) in [6.07, 6.45) is -4.84. The summed E-state index contributed by atoms with van der Waals surface area (Å²) < 4.78 is 50.5. The highest BCUT2D eigenvalue weighted by molar-refractivity contribution is 14.1. The Kier molecular flexibility index (Phi) is 5.45. The molecule has 0 saturated heterocycles. The Morgan fingerprint density at radius 1 is 1.04 bits per heavy atom. The number of hydrogen-bond donors (Lipinski definition) is 0. The lowest BCUT2D eigenvalue weighted by atomic mass is 10.3. The van der Waals surface area contributed by atoms with Gasteiger partial charge in [0, 0.05) is 19.2 Å². The van der Waals surface area contributed by atoms with Crippen LogP contribution in [0.25, 0.3) is 5.82 Å². The molecule has 0 atom stereocenters. The average Bonchev–Trinajstić information content (AvgIpc) is 2.65. The van der Waals surface area contributed by atoms with Crippen molar-refractivity contribution in [2.24, 2.45) is 7.05 Å². The third kappa shape index (κ3) is 3.88. The number of hydrogen-bond acceptors (Lipinski definition) is 5. The molecule has 1 aromatic carbocycles. The van der Waals surface area contributed by atoms with Crippen molar-refractivity contribution in [3.63, 3.8) is 0 Å². The lowest BCUT2D eigenvalue weighted by Gasteiger charge is -2.14. The van der Waals surface area contributed by atoms with Gasteiger partial charge in [-0.3, -0.25) is 9.36 Å². The highest BCUT2D eigenvalue weighted by atomic mass is 127. The summed E-state index contributed by atoms with van der Waals surface area (Å²) >= 11 is 1.68. The zero-order valence-electron chi connectivity index (χ0n) is 14.1. The smallest absolute Gasteiger partial charge is 0.431 e. The van der Waals surface area contributed by atoms with Crippen molar-refractivity contribution < 1.29 is 21.0 Å². The first kappa shape index (κ1) is 19.9. The topological polar surface area (TPSA) is 75.3 Å². The van der Waals surface area contributed by atoms with Gasteiger partial charge >= 0.3 is 11.9 Å². The molecule has 2 aromatic heterocycles. The van der Waals surface area contributed by atoms with Gasteiger partial charge in [0.15, 0.2) is 34.5 Å². The summed E-state index contributed by atoms with van der Waals surface area (Å²) in [5.74, 6) is 0.587. The molecule has 0 saturated carbocycles. The molecule has 28 heavy (non-hydrogen) atoms. The van der Waals surface area contributed by atoms with Gasteiger partial charge in [0.05, 0.1) is 0 Å². The van der Waals surface area contributed by atoms with Crippen LogP contribution in [0.4, 0.5) is 13.2 Å². The summed E-state index contributed by atoms with van der Waals surface area (Å²) in [6, 6.07) is 11.3. The number of aromatic nitrogens is 3. The normalized spacial score (nSPS) is 11.3. The van der Waals surface area contributed by atoms with Crippen LogP contribution in [0.15, 0.2) is 58.1 Å². The highest BCUT2D eigenvalue weighted by Crippen LogP contribution is 2.31. The average molecular weight is 505 g/mol. The van der Waals surface area contributed by atoms with Gasteiger partial charge in [-0.1, -0.05) is 18.2 Å². The molecule has 0 aliphatic rings. The van der Waals surface area contributed by atoms with E-state index in [1.54, 1.807) is 47.3 Å². The Morgan fingerprint density at radius 2 is 1.71 bits per heavy atom. The van der Waals surface area contributed by atoms with Crippen LogP contribution >= 0.6 is 23.0 Å². The number of nitrogens with zero attached hydrogens (tertiary/aromatic N) is 3. The number of halogens is 4. The van der Waals surface area contributed by atoms with Crippen LogP contribution in [0.2, 0.25) is 0 Å². The minimum Gasteiger partial charge on any atom is -0.435 e. The number of alkyl halides is 3. The van der Waals surface area contributed by atoms with E-state index in [0.29, 0.717) is 26.7 Å². The van der Waals surface area contributed by atoms with Crippen molar-refractivity contribution >= 4 is 23.0 Å². The molecule has 3 aromatic rings. The standard InChI is InChI=1S/C17H11F3IN3O4/c1-23-12(17(18,19)20)9-15(25)24(16(23)26)13-7-4-8-14(22-13)27-10-5-2-3-6-11(10)28-21/h2-9H,1H3. The minimum atomic E-state index is -4.84. The zero-order chi connectivity index (χ0) is 20.5. The van der Waals surface area contributed by atoms with E-state index in [0.717, 1.165) is 7.05 Å². The molecule has 3 rings (SSSR count). The Bertz CT molecular complexity index is 1140. The Hall–Kier alpha value is -2.83. The summed E-state index contributed by atoms with van der Waals surface area (Å²) in [7, 11) is 0.926. The van der Waals surface area contributed by atoms with Crippen LogP contribution in [0.5, 0.6) is 17.4 Å². The van der Waals surface area contributed by atoms with Crippen LogP contribution < -0.4 is 19.1 Å². The number of para-hydroxylation sites is 2. The van der Waals surface area contributed by atoms with Gasteiger partial charge in [-0.2, -0.15) is 18.2 Å². The monoisotopic (exact) mass is 505 g/mol. The minimum absolute atomic E-state index is 0.0206. The van der Waals surface area contributed by atoms with Gasteiger partial charge in [0.25, 0.3) is 5.56 Å². The van der Waals surface area contributed by atoms with Crippen molar-refractivity contribution in [2.45, 2.75) is 6.18 Å². The van der Waals surface area contributed by atoms with E-state index in [1.165, 1.54) is 18.2 Å². The van der Waals surface area contributed by atoms with Gasteiger partial charge in [0.1, 0.15) is 11.5 Å². The van der Waals surface area contributed by atoms with Crippen molar-refractivity contribution in [2.75, 3.05) is 0 Å². The third-order valence-electron chi connectivity index (χ3n) is 3.70. The number of rotatable bonds is 4. The summed E-state index contributed by atoms with van der Waals surface area (Å²) in [5.41, 5.74) is -3.68. The SMILES string of the molecule is Cn1c(C(F)(F)F)cc(=O)n(-c2cccc(Oc3ccccc3OI)n2)c1=O. The molecule has 0 amide bonds. The van der Waals surface area contributed by atoms with Crippen LogP contribution in [0, 0.1) is 0 Å². The van der Waals surface area contributed by atoms with E-state index in [2.05, 4.69) is 4.98 Å². The predicted molar refractivity (Wildman–Crippen MR) is 101 cm³/mol. The molecule has 2 heterocycles. The first-order valence-electron chi connectivity index (χ1n) is 7.65. The second-order valence-electron chi connectivity index (χ2n) is 5.50. The van der Waals surface area contributed by atoms with Crippen LogP contribution in [-0.2, 0) is 13.2 Å². The number of pyridine rings is 1. The molecule has 146 valence electrons. The van der Waals surface area contributed by atoms with E-state index in [9.17, 15) is 22.8 Å². The molecule has 0 aliphatic carbocycles. The Labute approximate surface area is 169 Å². The molecule has 0 aliphatic heterocycles. The second kappa shape index (κ2) is 7.66. The fraction of sp³-hybridized carbons (Fsp3) is 0.118. The lowest BCUT2D eigenvalue weighted by molar-refractivity contribution is -0.144. The summed E-state index contributed by atoms with van der Waals surface area (Å²) in [4.78, 5) is 28.6. The van der Waals surface area contributed by atoms with Crippen molar-refractivity contribution in [1.82, 2.24) is 14.1 Å². The largest absolute Gasteiger partial charge is 0.435 e. The number of benzene rings is 1. The zero-order valence-corrected chi connectivity index (χ0v) is 16.3. The van der Waals surface area contributed by atoms with E-state index in [-0.39, 0.29) is 11.7 Å². The quantitative estimate of drug-likeness (QED) is 0.508. The second-order valence-corrected chi connectivity index (χ2v) is 5.94. The van der Waals surface area contributed by atoms with Crippen LogP contribution in [0.1, 0.15) is 5.69 Å². The van der Waals surface area contributed by atoms with Crippen molar-refractivity contribution in [3.8, 4) is 23.2 Å². The van der Waals surface area contributed by atoms with Crippen LogP contribution in [0.3, 0.4) is 0 Å². The van der Waals surface area contributed by atoms with Crippen molar-refractivity contribution in [1.29, 1.82) is 0 Å². The van der Waals surface area contributed by atoms with Crippen LogP contribution in [-0.4, -0.2) is 14.1 Å². The Morgan fingerprint density at radius 3 is 2.36 bits per heavy atom. The maximum atomic E-state index is 13.0. The molecular formula is C17H11F3IN3O4. The van der Waals surface area contributed by atoms with Crippen molar-refractivity contribution in [3.05, 3.63) is 75.1 Å². The van der Waals surface area contributed by atoms with Gasteiger partial charge in [-0.05, 0) is 18.2 Å².